The Hall–Kier alpha value is -0.990. The lowest BCUT2D eigenvalue weighted by Crippen LogP contribution is -2.33. The minimum atomic E-state index is -0.262. The van der Waals surface area contributed by atoms with E-state index in [4.69, 9.17) is 0 Å². The lowest BCUT2D eigenvalue weighted by atomic mass is 10.4. The monoisotopic (exact) mass is 141 g/mol. The van der Waals surface area contributed by atoms with Gasteiger partial charge in [0.1, 0.15) is 6.20 Å². The molecule has 1 aromatic rings. The number of nitrogens with zero attached hydrogens (tertiary/aromatic N) is 2. The number of alkyl halides is 1. The van der Waals surface area contributed by atoms with Crippen LogP contribution in [0.1, 0.15) is 6.42 Å². The molecule has 0 bridgehead atoms. The predicted molar refractivity (Wildman–Crippen MR) is 35.0 cm³/mol. The number of hydrogen-bond donors (Lipinski definition) is 0. The minimum Gasteiger partial charge on any atom is -0.251 e. The van der Waals surface area contributed by atoms with E-state index in [1.54, 1.807) is 12.5 Å². The Kier molecular flexibility index (Phi) is 2.80. The molecule has 54 valence electrons. The summed E-state index contributed by atoms with van der Waals surface area (Å²) in [7, 11) is 0. The standard InChI is InChI=1S/C7H10FN2/c8-3-1-5-10-6-2-4-9-7-10/h2,4,6-7H,1,3,5H2/q+1. The minimum absolute atomic E-state index is 0.262. The lowest BCUT2D eigenvalue weighted by molar-refractivity contribution is -0.700. The van der Waals surface area contributed by atoms with Crippen LogP contribution < -0.4 is 4.57 Å². The number of rotatable bonds is 3. The topological polar surface area (TPSA) is 16.8 Å². The van der Waals surface area contributed by atoms with Crippen LogP contribution in [0.15, 0.2) is 24.8 Å². The Morgan fingerprint density at radius 1 is 1.50 bits per heavy atom. The Bertz CT molecular complexity index is 176. The summed E-state index contributed by atoms with van der Waals surface area (Å²) in [6, 6.07) is 1.83. The van der Waals surface area contributed by atoms with Crippen molar-refractivity contribution < 1.29 is 8.96 Å². The van der Waals surface area contributed by atoms with E-state index in [-0.39, 0.29) is 6.67 Å². The van der Waals surface area contributed by atoms with Gasteiger partial charge in [0, 0.05) is 12.5 Å². The highest BCUT2D eigenvalue weighted by molar-refractivity contribution is 4.68. The van der Waals surface area contributed by atoms with E-state index < -0.39 is 0 Å². The maximum absolute atomic E-state index is 11.6. The van der Waals surface area contributed by atoms with E-state index in [9.17, 15) is 4.39 Å². The summed E-state index contributed by atoms with van der Waals surface area (Å²) in [5, 5.41) is 0. The number of aromatic nitrogens is 2. The van der Waals surface area contributed by atoms with Gasteiger partial charge in [-0.1, -0.05) is 4.98 Å². The average Bonchev–Trinajstić information content (AvgIpc) is 2.03. The van der Waals surface area contributed by atoms with E-state index in [1.807, 2.05) is 16.8 Å². The first-order valence-electron chi connectivity index (χ1n) is 3.28. The van der Waals surface area contributed by atoms with Crippen molar-refractivity contribution in [1.29, 1.82) is 0 Å². The van der Waals surface area contributed by atoms with Crippen LogP contribution in [-0.4, -0.2) is 11.7 Å². The summed E-state index contributed by atoms with van der Waals surface area (Å²) in [5.74, 6) is 0. The van der Waals surface area contributed by atoms with E-state index in [1.165, 1.54) is 0 Å². The zero-order chi connectivity index (χ0) is 7.23. The van der Waals surface area contributed by atoms with Crippen molar-refractivity contribution in [3.63, 3.8) is 0 Å². The fourth-order valence-corrected chi connectivity index (χ4v) is 0.736. The maximum atomic E-state index is 11.6. The Balaban J connectivity index is 2.43. The first kappa shape index (κ1) is 7.12. The third-order valence-electron chi connectivity index (χ3n) is 1.21. The third kappa shape index (κ3) is 2.09. The number of aryl methyl sites for hydroxylation is 1. The highest BCUT2D eigenvalue weighted by Crippen LogP contribution is 1.79. The summed E-state index contributed by atoms with van der Waals surface area (Å²) < 4.78 is 13.5. The van der Waals surface area contributed by atoms with Crippen LogP contribution in [0, 0.1) is 0 Å². The molecular weight excluding hydrogens is 131 g/mol. The first-order chi connectivity index (χ1) is 4.93. The Morgan fingerprint density at radius 2 is 2.40 bits per heavy atom. The lowest BCUT2D eigenvalue weighted by Gasteiger charge is -1.92. The van der Waals surface area contributed by atoms with Gasteiger partial charge in [0.05, 0.1) is 19.4 Å². The zero-order valence-corrected chi connectivity index (χ0v) is 5.70. The van der Waals surface area contributed by atoms with Gasteiger partial charge in [-0.25, -0.2) is 4.57 Å². The molecule has 3 heteroatoms. The normalized spacial score (nSPS) is 9.70. The SMILES string of the molecule is FCCC[n+]1cccnc1. The van der Waals surface area contributed by atoms with Crippen molar-refractivity contribution in [1.82, 2.24) is 4.98 Å². The molecule has 0 spiro atoms. The summed E-state index contributed by atoms with van der Waals surface area (Å²) in [6.45, 7) is 0.451. The van der Waals surface area contributed by atoms with Crippen LogP contribution in [0.2, 0.25) is 0 Å². The molecule has 10 heavy (non-hydrogen) atoms. The largest absolute Gasteiger partial charge is 0.286 e. The fourth-order valence-electron chi connectivity index (χ4n) is 0.736. The molecule has 0 aliphatic heterocycles. The third-order valence-corrected chi connectivity index (χ3v) is 1.21. The molecule has 0 N–H and O–H groups in total. The molecule has 0 atom stereocenters. The molecule has 0 aromatic carbocycles. The smallest absolute Gasteiger partial charge is 0.251 e. The van der Waals surface area contributed by atoms with Gasteiger partial charge in [-0.05, 0) is 0 Å². The highest BCUT2D eigenvalue weighted by Gasteiger charge is 1.93. The molecule has 0 saturated carbocycles. The van der Waals surface area contributed by atoms with E-state index in [2.05, 4.69) is 4.98 Å². The van der Waals surface area contributed by atoms with Crippen molar-refractivity contribution in [3.8, 4) is 0 Å². The van der Waals surface area contributed by atoms with Crippen LogP contribution in [0.25, 0.3) is 0 Å². The molecule has 0 aliphatic rings. The number of hydrogen-bond acceptors (Lipinski definition) is 1. The van der Waals surface area contributed by atoms with Crippen LogP contribution in [-0.2, 0) is 6.54 Å². The quantitative estimate of drug-likeness (QED) is 0.567. The van der Waals surface area contributed by atoms with Gasteiger partial charge in [-0.15, -0.1) is 0 Å². The average molecular weight is 141 g/mol. The molecule has 0 aliphatic carbocycles. The first-order valence-corrected chi connectivity index (χ1v) is 3.28. The van der Waals surface area contributed by atoms with Crippen molar-refractivity contribution >= 4 is 0 Å². The molecular formula is C7H10FN2+. The Morgan fingerprint density at radius 3 is 3.00 bits per heavy atom. The van der Waals surface area contributed by atoms with Gasteiger partial charge in [-0.3, -0.25) is 4.39 Å². The van der Waals surface area contributed by atoms with Crippen LogP contribution in [0.4, 0.5) is 4.39 Å². The van der Waals surface area contributed by atoms with Crippen molar-refractivity contribution in [2.75, 3.05) is 6.67 Å². The van der Waals surface area contributed by atoms with Gasteiger partial charge in [0.25, 0.3) is 6.33 Å². The number of halogens is 1. The van der Waals surface area contributed by atoms with Gasteiger partial charge in [0.15, 0.2) is 0 Å². The van der Waals surface area contributed by atoms with Gasteiger partial charge in [-0.2, -0.15) is 0 Å². The fraction of sp³-hybridized carbons (Fsp3) is 0.429. The van der Waals surface area contributed by atoms with Gasteiger partial charge >= 0.3 is 0 Å². The second-order valence-electron chi connectivity index (χ2n) is 2.04. The molecule has 0 unspecified atom stereocenters. The summed E-state index contributed by atoms with van der Waals surface area (Å²) in [5.41, 5.74) is 0. The molecule has 1 heterocycles. The van der Waals surface area contributed by atoms with Crippen molar-refractivity contribution in [3.05, 3.63) is 24.8 Å². The molecule has 0 saturated heterocycles. The van der Waals surface area contributed by atoms with Crippen LogP contribution in [0.3, 0.4) is 0 Å². The zero-order valence-electron chi connectivity index (χ0n) is 5.70. The molecule has 1 rings (SSSR count). The summed E-state index contributed by atoms with van der Waals surface area (Å²) in [4.78, 5) is 3.88. The van der Waals surface area contributed by atoms with E-state index >= 15 is 0 Å². The van der Waals surface area contributed by atoms with Crippen molar-refractivity contribution in [2.45, 2.75) is 13.0 Å². The van der Waals surface area contributed by atoms with E-state index in [0.29, 0.717) is 13.0 Å². The predicted octanol–water partition coefficient (Wildman–Crippen LogP) is 0.729. The Labute approximate surface area is 59.3 Å². The van der Waals surface area contributed by atoms with Crippen molar-refractivity contribution in [2.24, 2.45) is 0 Å². The molecule has 1 aromatic heterocycles. The second kappa shape index (κ2) is 3.93. The molecule has 0 radical (unpaired) electrons. The molecule has 2 nitrogen and oxygen atoms in total. The molecule has 0 fully saturated rings. The summed E-state index contributed by atoms with van der Waals surface area (Å²) in [6.07, 6.45) is 5.83. The van der Waals surface area contributed by atoms with E-state index in [0.717, 1.165) is 0 Å². The van der Waals surface area contributed by atoms with Crippen LogP contribution in [0.5, 0.6) is 0 Å². The van der Waals surface area contributed by atoms with Gasteiger partial charge in [0.2, 0.25) is 0 Å². The second-order valence-corrected chi connectivity index (χ2v) is 2.04. The van der Waals surface area contributed by atoms with Crippen LogP contribution >= 0.6 is 0 Å². The van der Waals surface area contributed by atoms with Gasteiger partial charge < -0.3 is 0 Å². The maximum Gasteiger partial charge on any atom is 0.286 e. The summed E-state index contributed by atoms with van der Waals surface area (Å²) >= 11 is 0. The highest BCUT2D eigenvalue weighted by atomic mass is 19.1. The molecule has 0 amide bonds.